The van der Waals surface area contributed by atoms with Gasteiger partial charge < -0.3 is 18.9 Å². The fraction of sp³-hybridized carbons (Fsp3) is 0.537. The minimum absolute atomic E-state index is 0.0942. The van der Waals surface area contributed by atoms with Crippen molar-refractivity contribution < 1.29 is 23.7 Å². The third kappa shape index (κ3) is 9.15. The highest BCUT2D eigenvalue weighted by atomic mass is 16.7. The van der Waals surface area contributed by atoms with Crippen LogP contribution in [0.4, 0.5) is 0 Å². The molecule has 5 rings (SSSR count). The normalized spacial score (nSPS) is 24.5. The van der Waals surface area contributed by atoms with Crippen LogP contribution >= 0.6 is 0 Å². The highest BCUT2D eigenvalue weighted by Gasteiger charge is 2.62. The lowest BCUT2D eigenvalue weighted by Gasteiger charge is -2.38. The van der Waals surface area contributed by atoms with E-state index in [1.54, 1.807) is 6.26 Å². The molecule has 0 heterocycles. The largest absolute Gasteiger partial charge is 0.488 e. The first-order valence-electron chi connectivity index (χ1n) is 17.2. The Hall–Kier alpha value is -3.31. The van der Waals surface area contributed by atoms with Gasteiger partial charge in [-0.2, -0.15) is 0 Å². The Bertz CT molecular complexity index is 1320. The summed E-state index contributed by atoms with van der Waals surface area (Å²) in [6, 6.07) is 16.5. The molecule has 3 fully saturated rings. The summed E-state index contributed by atoms with van der Waals surface area (Å²) in [6.45, 7) is 20.3. The van der Waals surface area contributed by atoms with Gasteiger partial charge in [0, 0.05) is 17.9 Å². The van der Waals surface area contributed by atoms with Crippen molar-refractivity contribution in [2.24, 2.45) is 16.7 Å². The summed E-state index contributed by atoms with van der Waals surface area (Å²) >= 11 is 0. The lowest BCUT2D eigenvalue weighted by molar-refractivity contribution is -0.150. The fourth-order valence-electron chi connectivity index (χ4n) is 7.49. The van der Waals surface area contributed by atoms with Crippen LogP contribution in [0.15, 0.2) is 74.0 Å². The summed E-state index contributed by atoms with van der Waals surface area (Å²) in [7, 11) is 0. The average Bonchev–Trinajstić information content (AvgIpc) is 3.36. The van der Waals surface area contributed by atoms with E-state index in [0.717, 1.165) is 42.6 Å². The number of carbonyl (C=O) groups excluding carboxylic acids is 1. The molecule has 4 unspecified atom stereocenters. The molecule has 0 saturated heterocycles. The molecule has 3 aliphatic rings. The Labute approximate surface area is 278 Å². The maximum atomic E-state index is 11.3. The van der Waals surface area contributed by atoms with Gasteiger partial charge in [-0.15, -0.1) is 0 Å². The summed E-state index contributed by atoms with van der Waals surface area (Å²) in [5.41, 5.74) is 3.59. The number of carbonyl (C=O) groups is 1. The molecule has 2 aromatic carbocycles. The number of rotatable bonds is 12. The lowest BCUT2D eigenvalue weighted by atomic mass is 9.70. The van der Waals surface area contributed by atoms with Crippen molar-refractivity contribution in [1.29, 1.82) is 0 Å². The topological polar surface area (TPSA) is 54.0 Å². The smallest absolute Gasteiger partial charge is 0.330 e. The Kier molecular flexibility index (Phi) is 12.0. The van der Waals surface area contributed by atoms with Gasteiger partial charge in [0.1, 0.15) is 17.5 Å². The van der Waals surface area contributed by atoms with Crippen molar-refractivity contribution in [1.82, 2.24) is 0 Å². The van der Waals surface area contributed by atoms with Gasteiger partial charge in [-0.05, 0) is 99.1 Å². The molecule has 46 heavy (non-hydrogen) atoms. The Morgan fingerprint density at radius 3 is 2.17 bits per heavy atom. The molecule has 3 aliphatic carbocycles. The van der Waals surface area contributed by atoms with Crippen LogP contribution in [0.5, 0.6) is 5.75 Å². The van der Waals surface area contributed by atoms with E-state index in [4.69, 9.17) is 18.9 Å². The van der Waals surface area contributed by atoms with Crippen molar-refractivity contribution >= 4 is 18.1 Å². The van der Waals surface area contributed by atoms with Crippen molar-refractivity contribution in [2.75, 3.05) is 0 Å². The van der Waals surface area contributed by atoms with Gasteiger partial charge in [-0.3, -0.25) is 0 Å². The van der Waals surface area contributed by atoms with Gasteiger partial charge in [-0.25, -0.2) is 4.79 Å². The number of hydrogen-bond donors (Lipinski definition) is 0. The molecular weight excluding hydrogens is 572 g/mol. The lowest BCUT2D eigenvalue weighted by Crippen LogP contribution is -2.38. The molecule has 0 aliphatic heterocycles. The van der Waals surface area contributed by atoms with Crippen LogP contribution in [0.25, 0.3) is 12.2 Å². The average molecular weight is 629 g/mol. The van der Waals surface area contributed by atoms with Crippen LogP contribution < -0.4 is 4.74 Å². The first-order chi connectivity index (χ1) is 21.8. The van der Waals surface area contributed by atoms with E-state index in [9.17, 15) is 4.79 Å². The van der Waals surface area contributed by atoms with E-state index < -0.39 is 0 Å². The van der Waals surface area contributed by atoms with Crippen molar-refractivity contribution in [3.05, 3.63) is 90.7 Å². The van der Waals surface area contributed by atoms with Gasteiger partial charge >= 0.3 is 5.97 Å². The van der Waals surface area contributed by atoms with Crippen LogP contribution in [0.2, 0.25) is 0 Å². The van der Waals surface area contributed by atoms with Crippen molar-refractivity contribution in [2.45, 2.75) is 123 Å². The Morgan fingerprint density at radius 2 is 1.61 bits per heavy atom. The third-order valence-corrected chi connectivity index (χ3v) is 10.7. The predicted octanol–water partition coefficient (Wildman–Crippen LogP) is 10.3. The maximum Gasteiger partial charge on any atom is 0.330 e. The number of esters is 1. The monoisotopic (exact) mass is 628 g/mol. The summed E-state index contributed by atoms with van der Waals surface area (Å²) < 4.78 is 23.4. The second-order valence-electron chi connectivity index (χ2n) is 14.7. The number of fused-ring (bicyclic) bond motifs is 2. The van der Waals surface area contributed by atoms with E-state index in [-0.39, 0.29) is 29.4 Å². The van der Waals surface area contributed by atoms with Crippen molar-refractivity contribution in [3.63, 3.8) is 0 Å². The summed E-state index contributed by atoms with van der Waals surface area (Å²) in [5, 5.41) is 0. The van der Waals surface area contributed by atoms with Crippen LogP contribution in [0, 0.1) is 16.7 Å². The van der Waals surface area contributed by atoms with E-state index in [0.29, 0.717) is 17.4 Å². The fourth-order valence-corrected chi connectivity index (χ4v) is 7.49. The second kappa shape index (κ2) is 15.5. The number of benzene rings is 2. The molecule has 4 atom stereocenters. The molecule has 2 aromatic rings. The molecule has 5 heteroatoms. The zero-order valence-electron chi connectivity index (χ0n) is 29.1. The SMILES string of the molecule is C=CC(=O)OC1CC2CCC1(C)C2(C)C.C=Cc1ccc(OC(C)(C)Cc2ccc(C=COC(C)OC3CCCCC3)cc2)cc1. The quantitative estimate of drug-likeness (QED) is 0.101. The van der Waals surface area contributed by atoms with Crippen LogP contribution in [0.3, 0.4) is 0 Å². The highest BCUT2D eigenvalue weighted by Crippen LogP contribution is 2.66. The van der Waals surface area contributed by atoms with E-state index >= 15 is 0 Å². The van der Waals surface area contributed by atoms with Gasteiger partial charge in [0.2, 0.25) is 0 Å². The number of hydrogen-bond acceptors (Lipinski definition) is 5. The molecule has 0 aromatic heterocycles. The second-order valence-corrected chi connectivity index (χ2v) is 14.7. The minimum Gasteiger partial charge on any atom is -0.488 e. The molecule has 250 valence electrons. The summed E-state index contributed by atoms with van der Waals surface area (Å²) in [6.07, 6.45) is 17.5. The molecule has 2 bridgehead atoms. The molecule has 0 N–H and O–H groups in total. The predicted molar refractivity (Wildman–Crippen MR) is 188 cm³/mol. The molecule has 0 radical (unpaired) electrons. The molecule has 3 saturated carbocycles. The van der Waals surface area contributed by atoms with E-state index in [1.165, 1.54) is 43.7 Å². The van der Waals surface area contributed by atoms with Crippen LogP contribution in [0.1, 0.15) is 110 Å². The van der Waals surface area contributed by atoms with E-state index in [2.05, 4.69) is 72.0 Å². The van der Waals surface area contributed by atoms with Gasteiger partial charge in [0.05, 0.1) is 12.4 Å². The Balaban J connectivity index is 0.000000266. The first-order valence-corrected chi connectivity index (χ1v) is 17.2. The zero-order chi connectivity index (χ0) is 33.4. The van der Waals surface area contributed by atoms with Crippen LogP contribution in [-0.4, -0.2) is 30.1 Å². The van der Waals surface area contributed by atoms with Gasteiger partial charge in [-0.1, -0.05) is 95.7 Å². The first kappa shape index (κ1) is 35.5. The molecular formula is C41H56O5. The van der Waals surface area contributed by atoms with Crippen molar-refractivity contribution in [3.8, 4) is 5.75 Å². The van der Waals surface area contributed by atoms with Gasteiger partial charge in [0.15, 0.2) is 6.29 Å². The summed E-state index contributed by atoms with van der Waals surface area (Å²) in [5.74, 6) is 1.31. The van der Waals surface area contributed by atoms with Crippen LogP contribution in [-0.2, 0) is 25.4 Å². The zero-order valence-corrected chi connectivity index (χ0v) is 29.1. The van der Waals surface area contributed by atoms with E-state index in [1.807, 2.05) is 43.3 Å². The molecule has 0 amide bonds. The number of ether oxygens (including phenoxy) is 4. The minimum atomic E-state index is -0.304. The third-order valence-electron chi connectivity index (χ3n) is 10.7. The van der Waals surface area contributed by atoms with Gasteiger partial charge in [0.25, 0.3) is 0 Å². The molecule has 0 spiro atoms. The Morgan fingerprint density at radius 1 is 0.957 bits per heavy atom. The highest BCUT2D eigenvalue weighted by molar-refractivity contribution is 5.81. The standard InChI is InChI=1S/C28H36O3.C13H20O2/c1-5-23-15-17-27(18-16-23)31-28(3,4)21-25-13-11-24(12-14-25)19-20-29-22(2)30-26-9-7-6-8-10-26;1-5-11(14)15-10-8-9-6-7-13(10,4)12(9,2)3/h5,11-20,22,26H,1,6-10,21H2,2-4H3;5,9-10H,1,6-8H2,2-4H3. The molecule has 5 nitrogen and oxygen atoms in total. The summed E-state index contributed by atoms with van der Waals surface area (Å²) in [4.78, 5) is 11.3. The maximum absolute atomic E-state index is 11.3.